The molecule has 0 fully saturated rings. The van der Waals surface area contributed by atoms with Crippen LogP contribution < -0.4 is 5.56 Å². The number of rotatable bonds is 6. The molecular weight excluding hydrogens is 431 g/mol. The van der Waals surface area contributed by atoms with Crippen LogP contribution in [0.25, 0.3) is 11.1 Å². The number of methoxy groups -OCH3 is 1. The van der Waals surface area contributed by atoms with Crippen LogP contribution in [0.5, 0.6) is 0 Å². The van der Waals surface area contributed by atoms with Gasteiger partial charge in [0.1, 0.15) is 0 Å². The predicted octanol–water partition coefficient (Wildman–Crippen LogP) is 4.76. The van der Waals surface area contributed by atoms with Gasteiger partial charge < -0.3 is 9.72 Å². The Morgan fingerprint density at radius 3 is 2.53 bits per heavy atom. The third-order valence-corrected chi connectivity index (χ3v) is 5.08. The van der Waals surface area contributed by atoms with E-state index in [1.165, 1.54) is 37.6 Å². The van der Waals surface area contributed by atoms with Gasteiger partial charge in [0.15, 0.2) is 0 Å². The van der Waals surface area contributed by atoms with E-state index in [4.69, 9.17) is 27.9 Å². The molecule has 1 aromatic heterocycles. The highest BCUT2D eigenvalue weighted by Crippen LogP contribution is 2.36. The van der Waals surface area contributed by atoms with Crippen LogP contribution in [0.4, 0.5) is 5.69 Å². The van der Waals surface area contributed by atoms with Gasteiger partial charge in [-0.1, -0.05) is 35.3 Å². The molecule has 0 bridgehead atoms. The molecule has 0 radical (unpaired) electrons. The number of nitro benzene ring substituents is 1. The van der Waals surface area contributed by atoms with Crippen LogP contribution in [0.3, 0.4) is 0 Å². The number of aromatic amines is 1. The molecule has 0 aliphatic heterocycles. The molecule has 30 heavy (non-hydrogen) atoms. The molecule has 0 aliphatic carbocycles. The number of hydrogen-bond donors (Lipinski definition) is 1. The van der Waals surface area contributed by atoms with Crippen LogP contribution in [0.2, 0.25) is 10.0 Å². The number of benzene rings is 2. The molecular formula is C21H16Cl2N2O5. The molecule has 7 nitrogen and oxygen atoms in total. The molecule has 1 heterocycles. The average molecular weight is 447 g/mol. The van der Waals surface area contributed by atoms with E-state index < -0.39 is 22.4 Å². The summed E-state index contributed by atoms with van der Waals surface area (Å²) in [5, 5.41) is 12.3. The van der Waals surface area contributed by atoms with Crippen molar-refractivity contribution in [2.75, 3.05) is 7.11 Å². The number of carbonyl (C=O) groups excluding carboxylic acids is 1. The Balaban J connectivity index is 2.24. The van der Waals surface area contributed by atoms with Crippen molar-refractivity contribution in [2.45, 2.75) is 12.3 Å². The highest BCUT2D eigenvalue weighted by molar-refractivity contribution is 6.31. The average Bonchev–Trinajstić information content (AvgIpc) is 2.71. The lowest BCUT2D eigenvalue weighted by molar-refractivity contribution is -0.384. The van der Waals surface area contributed by atoms with Gasteiger partial charge in [0, 0.05) is 27.9 Å². The Hall–Kier alpha value is -3.16. The minimum absolute atomic E-state index is 0.0506. The summed E-state index contributed by atoms with van der Waals surface area (Å²) in [7, 11) is 1.21. The first kappa shape index (κ1) is 21.5. The summed E-state index contributed by atoms with van der Waals surface area (Å²) in [4.78, 5) is 39.0. The zero-order valence-corrected chi connectivity index (χ0v) is 17.2. The highest BCUT2D eigenvalue weighted by Gasteiger charge is 2.30. The van der Waals surface area contributed by atoms with Crippen LogP contribution in [0.1, 0.15) is 17.0 Å². The molecule has 3 aromatic rings. The molecule has 0 saturated carbocycles. The van der Waals surface area contributed by atoms with Crippen molar-refractivity contribution in [1.29, 1.82) is 0 Å². The molecule has 0 saturated heterocycles. The van der Waals surface area contributed by atoms with Gasteiger partial charge in [-0.2, -0.15) is 0 Å². The topological polar surface area (TPSA) is 102 Å². The van der Waals surface area contributed by atoms with Crippen molar-refractivity contribution in [1.82, 2.24) is 4.98 Å². The van der Waals surface area contributed by atoms with Crippen LogP contribution in [0, 0.1) is 10.1 Å². The van der Waals surface area contributed by atoms with Crippen molar-refractivity contribution >= 4 is 34.9 Å². The number of aromatic nitrogens is 1. The summed E-state index contributed by atoms with van der Waals surface area (Å²) in [5.74, 6) is -1.68. The number of ether oxygens (including phenoxy) is 1. The summed E-state index contributed by atoms with van der Waals surface area (Å²) < 4.78 is 4.93. The minimum Gasteiger partial charge on any atom is -0.469 e. The lowest BCUT2D eigenvalue weighted by Crippen LogP contribution is -2.25. The standard InChI is InChI=1S/C21H16Cl2N2O5/c1-30-21(27)17(10-12-3-2-4-13(22)9-12)19-15(7-8-24-20(19)26)16-11-14(23)5-6-18(16)25(28)29/h2-9,11,17H,10H2,1H3,(H,24,26). The first-order valence-corrected chi connectivity index (χ1v) is 9.55. The number of pyridine rings is 1. The molecule has 3 rings (SSSR count). The number of nitrogens with one attached hydrogen (secondary N) is 1. The van der Waals surface area contributed by atoms with Crippen molar-refractivity contribution < 1.29 is 14.5 Å². The molecule has 1 N–H and O–H groups in total. The normalized spacial score (nSPS) is 11.7. The van der Waals surface area contributed by atoms with Crippen molar-refractivity contribution in [3.8, 4) is 11.1 Å². The van der Waals surface area contributed by atoms with Crippen LogP contribution in [0.15, 0.2) is 59.5 Å². The number of carbonyl (C=O) groups is 1. The Morgan fingerprint density at radius 2 is 1.87 bits per heavy atom. The smallest absolute Gasteiger partial charge is 0.313 e. The second kappa shape index (κ2) is 9.11. The molecule has 154 valence electrons. The Kier molecular flexibility index (Phi) is 6.54. The van der Waals surface area contributed by atoms with Gasteiger partial charge >= 0.3 is 5.97 Å². The van der Waals surface area contributed by atoms with Gasteiger partial charge in [0.05, 0.1) is 23.5 Å². The predicted molar refractivity (Wildman–Crippen MR) is 114 cm³/mol. The molecule has 0 spiro atoms. The van der Waals surface area contributed by atoms with E-state index in [0.717, 1.165) is 0 Å². The first-order valence-electron chi connectivity index (χ1n) is 8.80. The molecule has 2 aromatic carbocycles. The summed E-state index contributed by atoms with van der Waals surface area (Å²) in [6.07, 6.45) is 1.47. The van der Waals surface area contributed by atoms with E-state index >= 15 is 0 Å². The second-order valence-electron chi connectivity index (χ2n) is 6.46. The first-order chi connectivity index (χ1) is 14.3. The van der Waals surface area contributed by atoms with Gasteiger partial charge in [0.25, 0.3) is 11.2 Å². The molecule has 1 unspecified atom stereocenters. The molecule has 0 amide bonds. The maximum absolute atomic E-state index is 12.8. The Labute approximate surface area is 181 Å². The SMILES string of the molecule is COC(=O)C(Cc1cccc(Cl)c1)c1c(-c2cc(Cl)ccc2[N+](=O)[O-])cc[nH]c1=O. The maximum atomic E-state index is 12.8. The number of nitrogens with zero attached hydrogens (tertiary/aromatic N) is 1. The van der Waals surface area contributed by atoms with Crippen molar-refractivity contribution in [2.24, 2.45) is 0 Å². The largest absolute Gasteiger partial charge is 0.469 e. The van der Waals surface area contributed by atoms with Gasteiger partial charge in [-0.15, -0.1) is 0 Å². The monoisotopic (exact) mass is 446 g/mol. The van der Waals surface area contributed by atoms with Gasteiger partial charge in [-0.05, 0) is 47.9 Å². The van der Waals surface area contributed by atoms with Gasteiger partial charge in [-0.3, -0.25) is 19.7 Å². The summed E-state index contributed by atoms with van der Waals surface area (Å²) >= 11 is 12.1. The lowest BCUT2D eigenvalue weighted by Gasteiger charge is -2.18. The molecule has 0 aliphatic rings. The summed E-state index contributed by atoms with van der Waals surface area (Å²) in [6, 6.07) is 12.4. The molecule has 9 heteroatoms. The van der Waals surface area contributed by atoms with Crippen LogP contribution in [-0.2, 0) is 16.0 Å². The van der Waals surface area contributed by atoms with Crippen molar-refractivity contribution in [3.05, 3.63) is 96.4 Å². The maximum Gasteiger partial charge on any atom is 0.313 e. The fraction of sp³-hybridized carbons (Fsp3) is 0.143. The Bertz CT molecular complexity index is 1180. The minimum atomic E-state index is -1.02. The fourth-order valence-corrected chi connectivity index (χ4v) is 3.68. The van der Waals surface area contributed by atoms with E-state index in [-0.39, 0.29) is 33.8 Å². The number of H-pyrrole nitrogens is 1. The van der Waals surface area contributed by atoms with Gasteiger partial charge in [-0.25, -0.2) is 0 Å². The van der Waals surface area contributed by atoms with Crippen LogP contribution in [-0.4, -0.2) is 23.0 Å². The number of halogens is 2. The van der Waals surface area contributed by atoms with E-state index in [0.29, 0.717) is 10.6 Å². The summed E-state index contributed by atoms with van der Waals surface area (Å²) in [5.41, 5.74) is 0.318. The van der Waals surface area contributed by atoms with E-state index in [9.17, 15) is 19.7 Å². The van der Waals surface area contributed by atoms with Gasteiger partial charge in [0.2, 0.25) is 0 Å². The third-order valence-electron chi connectivity index (χ3n) is 4.61. The van der Waals surface area contributed by atoms with Crippen molar-refractivity contribution in [3.63, 3.8) is 0 Å². The highest BCUT2D eigenvalue weighted by atomic mass is 35.5. The lowest BCUT2D eigenvalue weighted by atomic mass is 9.87. The van der Waals surface area contributed by atoms with Crippen LogP contribution >= 0.6 is 23.2 Å². The van der Waals surface area contributed by atoms with E-state index in [2.05, 4.69) is 4.98 Å². The number of hydrogen-bond acceptors (Lipinski definition) is 5. The van der Waals surface area contributed by atoms with E-state index in [1.54, 1.807) is 24.3 Å². The fourth-order valence-electron chi connectivity index (χ4n) is 3.30. The van der Waals surface area contributed by atoms with E-state index in [1.807, 2.05) is 0 Å². The third kappa shape index (κ3) is 4.53. The molecule has 1 atom stereocenters. The quantitative estimate of drug-likeness (QED) is 0.334. The number of nitro groups is 1. The zero-order chi connectivity index (χ0) is 21.8. The summed E-state index contributed by atoms with van der Waals surface area (Å²) in [6.45, 7) is 0. The Morgan fingerprint density at radius 1 is 1.13 bits per heavy atom. The second-order valence-corrected chi connectivity index (χ2v) is 7.34. The zero-order valence-electron chi connectivity index (χ0n) is 15.7. The number of esters is 1.